The van der Waals surface area contributed by atoms with Gasteiger partial charge in [0.2, 0.25) is 5.75 Å². The van der Waals surface area contributed by atoms with Gasteiger partial charge in [0.05, 0.1) is 23.3 Å². The number of nitrogens with zero attached hydrogens (tertiary/aromatic N) is 6. The molecule has 12 heteroatoms. The zero-order valence-corrected chi connectivity index (χ0v) is 20.6. The van der Waals surface area contributed by atoms with Crippen LogP contribution in [0.15, 0.2) is 36.7 Å². The first kappa shape index (κ1) is 25.6. The molecule has 1 aromatic carbocycles. The molecule has 3 aromatic rings. The van der Waals surface area contributed by atoms with Crippen molar-refractivity contribution < 1.29 is 19.2 Å². The van der Waals surface area contributed by atoms with Gasteiger partial charge in [-0.1, -0.05) is 6.07 Å². The van der Waals surface area contributed by atoms with Crippen LogP contribution in [0.2, 0.25) is 0 Å². The minimum Gasteiger partial charge on any atom is -0.490 e. The van der Waals surface area contributed by atoms with Gasteiger partial charge in [0, 0.05) is 26.2 Å². The number of rotatable bonds is 8. The fourth-order valence-electron chi connectivity index (χ4n) is 3.43. The summed E-state index contributed by atoms with van der Waals surface area (Å²) in [4.78, 5) is 33.9. The molecule has 2 heterocycles. The lowest BCUT2D eigenvalue weighted by Gasteiger charge is -2.20. The molecule has 0 aliphatic rings. The lowest BCUT2D eigenvalue weighted by atomic mass is 10.1. The number of nitro groups is 1. The number of amides is 1. The summed E-state index contributed by atoms with van der Waals surface area (Å²) in [6.07, 6.45) is 0.931. The third-order valence-corrected chi connectivity index (χ3v) is 4.69. The van der Waals surface area contributed by atoms with Crippen molar-refractivity contribution in [3.63, 3.8) is 0 Å². The minimum absolute atomic E-state index is 0.107. The Kier molecular flexibility index (Phi) is 7.65. The second kappa shape index (κ2) is 10.5. The summed E-state index contributed by atoms with van der Waals surface area (Å²) in [6, 6.07) is 8.55. The molecule has 2 aromatic heterocycles. The molecular formula is C23H29N7O5. The van der Waals surface area contributed by atoms with Crippen LogP contribution in [0.4, 0.5) is 16.3 Å². The van der Waals surface area contributed by atoms with Crippen LogP contribution in [0.3, 0.4) is 0 Å². The van der Waals surface area contributed by atoms with Crippen molar-refractivity contribution in [2.24, 2.45) is 7.05 Å². The molecule has 3 rings (SSSR count). The van der Waals surface area contributed by atoms with Crippen LogP contribution in [0.25, 0.3) is 11.4 Å². The van der Waals surface area contributed by atoms with Crippen molar-refractivity contribution in [3.8, 4) is 17.1 Å². The van der Waals surface area contributed by atoms with Gasteiger partial charge in [0.15, 0.2) is 5.82 Å². The van der Waals surface area contributed by atoms with E-state index < -0.39 is 16.6 Å². The number of hydrogen-bond donors (Lipinski definition) is 1. The number of nitrogens with one attached hydrogen (secondary N) is 1. The highest BCUT2D eigenvalue weighted by molar-refractivity contribution is 5.83. The molecule has 0 aliphatic carbocycles. The highest BCUT2D eigenvalue weighted by Gasteiger charge is 2.24. The average molecular weight is 484 g/mol. The van der Waals surface area contributed by atoms with Gasteiger partial charge < -0.3 is 9.47 Å². The van der Waals surface area contributed by atoms with Crippen molar-refractivity contribution >= 4 is 17.6 Å². The number of methoxy groups -OCH3 is 1. The summed E-state index contributed by atoms with van der Waals surface area (Å²) >= 11 is 0. The molecule has 0 spiro atoms. The van der Waals surface area contributed by atoms with E-state index in [2.05, 4.69) is 20.4 Å². The maximum atomic E-state index is 12.0. The summed E-state index contributed by atoms with van der Waals surface area (Å²) in [5.41, 5.74) is 1.04. The van der Waals surface area contributed by atoms with Gasteiger partial charge in [-0.05, 0) is 51.6 Å². The zero-order chi connectivity index (χ0) is 25.8. The lowest BCUT2D eigenvalue weighted by Crippen LogP contribution is -2.27. The van der Waals surface area contributed by atoms with Crippen LogP contribution < -0.4 is 10.1 Å². The Morgan fingerprint density at radius 1 is 1.26 bits per heavy atom. The molecule has 35 heavy (non-hydrogen) atoms. The fraction of sp³-hybridized carbons (Fsp3) is 0.391. The Bertz CT molecular complexity index is 1220. The standard InChI is InChI=1S/C23H29N7O5/c1-23(2,3)35-22(31)26-19-9-7-8-16(25-19)13-28(4)12-15-10-17(21-24-14-29(5)27-21)20(34-6)18(11-15)30(32)33/h7-11,14H,12-13H2,1-6H3,(H,25,26,31). The molecule has 0 atom stereocenters. The van der Waals surface area contributed by atoms with E-state index in [4.69, 9.17) is 9.47 Å². The summed E-state index contributed by atoms with van der Waals surface area (Å²) < 4.78 is 12.1. The van der Waals surface area contributed by atoms with Gasteiger partial charge in [0.1, 0.15) is 17.7 Å². The number of hydrogen-bond acceptors (Lipinski definition) is 9. The molecule has 0 radical (unpaired) electrons. The first-order valence-electron chi connectivity index (χ1n) is 10.8. The fourth-order valence-corrected chi connectivity index (χ4v) is 3.43. The van der Waals surface area contributed by atoms with E-state index in [1.807, 2.05) is 18.0 Å². The third-order valence-electron chi connectivity index (χ3n) is 4.69. The second-order valence-electron chi connectivity index (χ2n) is 9.01. The molecule has 0 bridgehead atoms. The first-order valence-corrected chi connectivity index (χ1v) is 10.8. The Morgan fingerprint density at radius 3 is 2.60 bits per heavy atom. The van der Waals surface area contributed by atoms with Crippen LogP contribution in [0.1, 0.15) is 32.0 Å². The van der Waals surface area contributed by atoms with E-state index in [0.29, 0.717) is 41.6 Å². The molecule has 12 nitrogen and oxygen atoms in total. The predicted octanol–water partition coefficient (Wildman–Crippen LogP) is 3.77. The predicted molar refractivity (Wildman–Crippen MR) is 129 cm³/mol. The van der Waals surface area contributed by atoms with Crippen molar-refractivity contribution in [1.29, 1.82) is 0 Å². The largest absolute Gasteiger partial charge is 0.490 e. The van der Waals surface area contributed by atoms with Crippen LogP contribution in [0, 0.1) is 10.1 Å². The number of benzene rings is 1. The Labute approximate surface area is 203 Å². The Balaban J connectivity index is 1.79. The lowest BCUT2D eigenvalue weighted by molar-refractivity contribution is -0.385. The molecule has 0 fully saturated rings. The zero-order valence-electron chi connectivity index (χ0n) is 20.6. The molecule has 1 N–H and O–H groups in total. The smallest absolute Gasteiger partial charge is 0.413 e. The SMILES string of the molecule is COc1c(-c2ncn(C)n2)cc(CN(C)Cc2cccc(NC(=O)OC(C)(C)C)n2)cc1[N+](=O)[O-]. The van der Waals surface area contributed by atoms with Crippen molar-refractivity contribution in [2.45, 2.75) is 39.5 Å². The summed E-state index contributed by atoms with van der Waals surface area (Å²) in [7, 11) is 4.96. The first-order chi connectivity index (χ1) is 16.4. The van der Waals surface area contributed by atoms with Crippen molar-refractivity contribution in [3.05, 3.63) is 58.0 Å². The van der Waals surface area contributed by atoms with Gasteiger partial charge in [-0.3, -0.25) is 25.0 Å². The highest BCUT2D eigenvalue weighted by atomic mass is 16.6. The van der Waals surface area contributed by atoms with E-state index >= 15 is 0 Å². The molecule has 186 valence electrons. The van der Waals surface area contributed by atoms with E-state index in [9.17, 15) is 14.9 Å². The normalized spacial score (nSPS) is 11.4. The van der Waals surface area contributed by atoms with Crippen LogP contribution >= 0.6 is 0 Å². The highest BCUT2D eigenvalue weighted by Crippen LogP contribution is 2.38. The topological polar surface area (TPSA) is 138 Å². The van der Waals surface area contributed by atoms with Gasteiger partial charge in [-0.2, -0.15) is 5.10 Å². The van der Waals surface area contributed by atoms with Crippen LogP contribution in [-0.2, 0) is 24.9 Å². The average Bonchev–Trinajstić information content (AvgIpc) is 3.18. The number of nitro benzene ring substituents is 1. The maximum absolute atomic E-state index is 12.0. The van der Waals surface area contributed by atoms with Crippen molar-refractivity contribution in [2.75, 3.05) is 19.5 Å². The van der Waals surface area contributed by atoms with E-state index in [1.165, 1.54) is 24.2 Å². The molecule has 0 saturated carbocycles. The van der Waals surface area contributed by atoms with Crippen molar-refractivity contribution in [1.82, 2.24) is 24.6 Å². The Hall–Kier alpha value is -4.06. The minimum atomic E-state index is -0.619. The quantitative estimate of drug-likeness (QED) is 0.375. The number of aromatic nitrogens is 4. The number of anilines is 1. The van der Waals surface area contributed by atoms with Gasteiger partial charge >= 0.3 is 11.8 Å². The van der Waals surface area contributed by atoms with E-state index in [-0.39, 0.29) is 11.4 Å². The molecule has 0 aliphatic heterocycles. The van der Waals surface area contributed by atoms with Gasteiger partial charge in [-0.25, -0.2) is 14.8 Å². The van der Waals surface area contributed by atoms with E-state index in [1.54, 1.807) is 46.0 Å². The summed E-state index contributed by atoms with van der Waals surface area (Å²) in [5.74, 6) is 0.809. The van der Waals surface area contributed by atoms with E-state index in [0.717, 1.165) is 0 Å². The number of carbonyl (C=O) groups is 1. The van der Waals surface area contributed by atoms with Crippen LogP contribution in [-0.4, -0.2) is 55.4 Å². The number of aryl methyl sites for hydroxylation is 1. The van der Waals surface area contributed by atoms with Crippen LogP contribution in [0.5, 0.6) is 5.75 Å². The maximum Gasteiger partial charge on any atom is 0.413 e. The summed E-state index contributed by atoms with van der Waals surface area (Å²) in [6.45, 7) is 6.16. The monoisotopic (exact) mass is 483 g/mol. The molecule has 0 unspecified atom stereocenters. The number of carbonyl (C=O) groups excluding carboxylic acids is 1. The van der Waals surface area contributed by atoms with Gasteiger partial charge in [0.25, 0.3) is 0 Å². The Morgan fingerprint density at radius 2 is 2.00 bits per heavy atom. The second-order valence-corrected chi connectivity index (χ2v) is 9.01. The summed E-state index contributed by atoms with van der Waals surface area (Å²) in [5, 5.41) is 18.6. The third kappa shape index (κ3) is 6.96. The number of ether oxygens (including phenoxy) is 2. The molecule has 0 saturated heterocycles. The molecule has 1 amide bonds. The number of pyridine rings is 1. The van der Waals surface area contributed by atoms with Gasteiger partial charge in [-0.15, -0.1) is 0 Å². The molecular weight excluding hydrogens is 454 g/mol.